The molecule has 3 atom stereocenters. The van der Waals surface area contributed by atoms with Gasteiger partial charge in [0.15, 0.2) is 0 Å². The lowest BCUT2D eigenvalue weighted by atomic mass is 10.1. The van der Waals surface area contributed by atoms with Gasteiger partial charge < -0.3 is 9.64 Å². The number of sulfonamides is 1. The fraction of sp³-hybridized carbons (Fsp3) is 0.625. The van der Waals surface area contributed by atoms with Crippen molar-refractivity contribution >= 4 is 22.0 Å². The minimum Gasteiger partial charge on any atom is -0.373 e. The Bertz CT molecular complexity index is 886. The van der Waals surface area contributed by atoms with Crippen molar-refractivity contribution in [1.82, 2.24) is 14.1 Å². The minimum absolute atomic E-state index is 0.0155. The van der Waals surface area contributed by atoms with Crippen molar-refractivity contribution in [3.8, 4) is 0 Å². The third-order valence-corrected chi connectivity index (χ3v) is 8.33. The minimum atomic E-state index is -3.47. The average Bonchev–Trinajstić information content (AvgIpc) is 3.20. The number of hydrogen-bond donors (Lipinski definition) is 0. The third-order valence-electron chi connectivity index (χ3n) is 6.27. The van der Waals surface area contributed by atoms with Gasteiger partial charge in [0.2, 0.25) is 15.9 Å². The first-order valence-electron chi connectivity index (χ1n) is 11.7. The van der Waals surface area contributed by atoms with Gasteiger partial charge in [-0.3, -0.25) is 9.69 Å². The molecule has 0 saturated carbocycles. The molecule has 7 nitrogen and oxygen atoms in total. The largest absolute Gasteiger partial charge is 0.373 e. The molecule has 2 aliphatic rings. The van der Waals surface area contributed by atoms with Crippen molar-refractivity contribution in [1.29, 1.82) is 0 Å². The van der Waals surface area contributed by atoms with Crippen molar-refractivity contribution in [2.45, 2.75) is 63.7 Å². The molecule has 0 bridgehead atoms. The van der Waals surface area contributed by atoms with E-state index in [0.29, 0.717) is 13.1 Å². The average molecular weight is 464 g/mol. The zero-order valence-corrected chi connectivity index (χ0v) is 20.6. The molecule has 3 unspecified atom stereocenters. The summed E-state index contributed by atoms with van der Waals surface area (Å²) in [6, 6.07) is 6.94. The molecule has 1 aromatic rings. The Hall–Kier alpha value is -1.74. The van der Waals surface area contributed by atoms with E-state index in [1.807, 2.05) is 18.7 Å². The van der Waals surface area contributed by atoms with E-state index in [2.05, 4.69) is 18.7 Å². The van der Waals surface area contributed by atoms with Crippen LogP contribution in [0.4, 0.5) is 0 Å². The van der Waals surface area contributed by atoms with Gasteiger partial charge in [-0.2, -0.15) is 4.31 Å². The molecule has 0 aromatic heterocycles. The Morgan fingerprint density at radius 2 is 1.75 bits per heavy atom. The van der Waals surface area contributed by atoms with Crippen molar-refractivity contribution in [2.75, 3.05) is 39.3 Å². The molecule has 2 fully saturated rings. The van der Waals surface area contributed by atoms with Gasteiger partial charge in [0, 0.05) is 51.4 Å². The summed E-state index contributed by atoms with van der Waals surface area (Å²) < 4.78 is 32.5. The fourth-order valence-electron chi connectivity index (χ4n) is 4.77. The summed E-state index contributed by atoms with van der Waals surface area (Å²) in [5, 5.41) is 0. The summed E-state index contributed by atoms with van der Waals surface area (Å²) in [4.78, 5) is 17.5. The second-order valence-corrected chi connectivity index (χ2v) is 10.7. The number of carbonyl (C=O) groups is 1. The smallest absolute Gasteiger partial charge is 0.246 e. The first-order chi connectivity index (χ1) is 15.2. The van der Waals surface area contributed by atoms with Crippen LogP contribution in [0.25, 0.3) is 6.08 Å². The molecule has 1 aromatic carbocycles. The number of hydrogen-bond acceptors (Lipinski definition) is 5. The molecule has 0 spiro atoms. The van der Waals surface area contributed by atoms with Crippen molar-refractivity contribution < 1.29 is 17.9 Å². The van der Waals surface area contributed by atoms with Gasteiger partial charge in [0.05, 0.1) is 17.1 Å². The zero-order chi connectivity index (χ0) is 23.3. The molecule has 3 rings (SSSR count). The maximum absolute atomic E-state index is 12.9. The summed E-state index contributed by atoms with van der Waals surface area (Å²) in [7, 11) is -3.47. The summed E-state index contributed by atoms with van der Waals surface area (Å²) in [5.41, 5.74) is 0.809. The van der Waals surface area contributed by atoms with Crippen LogP contribution in [0, 0.1) is 0 Å². The maximum atomic E-state index is 12.9. The molecular formula is C24H37N3O4S. The Morgan fingerprint density at radius 3 is 2.34 bits per heavy atom. The highest BCUT2D eigenvalue weighted by molar-refractivity contribution is 7.89. The van der Waals surface area contributed by atoms with Crippen LogP contribution >= 0.6 is 0 Å². The van der Waals surface area contributed by atoms with Crippen LogP contribution in [-0.2, 0) is 19.6 Å². The molecule has 2 heterocycles. The highest BCUT2D eigenvalue weighted by Crippen LogP contribution is 2.22. The monoisotopic (exact) mass is 463 g/mol. The van der Waals surface area contributed by atoms with E-state index in [4.69, 9.17) is 4.74 Å². The summed E-state index contributed by atoms with van der Waals surface area (Å²) in [5.74, 6) is 0.0155. The molecule has 1 amide bonds. The van der Waals surface area contributed by atoms with Gasteiger partial charge in [0.1, 0.15) is 0 Å². The van der Waals surface area contributed by atoms with Gasteiger partial charge in [-0.15, -0.1) is 0 Å². The predicted octanol–water partition coefficient (Wildman–Crippen LogP) is 2.83. The molecular weight excluding hydrogens is 426 g/mol. The van der Waals surface area contributed by atoms with E-state index >= 15 is 0 Å². The molecule has 0 radical (unpaired) electrons. The van der Waals surface area contributed by atoms with E-state index in [1.165, 1.54) is 4.31 Å². The van der Waals surface area contributed by atoms with Crippen LogP contribution < -0.4 is 0 Å². The van der Waals surface area contributed by atoms with E-state index in [-0.39, 0.29) is 29.1 Å². The summed E-state index contributed by atoms with van der Waals surface area (Å²) in [6.45, 7) is 12.2. The lowest BCUT2D eigenvalue weighted by Gasteiger charge is -2.38. The number of carbonyl (C=O) groups excluding carboxylic acids is 1. The van der Waals surface area contributed by atoms with Crippen molar-refractivity contribution in [3.05, 3.63) is 35.9 Å². The standard InChI is InChI=1S/C24H37N3O4S/c1-5-26(6-2)32(29,30)23-12-9-21(10-13-23)11-14-24(28)27-15-7-8-22(27)18-25-16-19(3)31-20(4)17-25/h9-14,19-20,22H,5-8,15-18H2,1-4H3/b14-11+. The third kappa shape index (κ3) is 5.98. The highest BCUT2D eigenvalue weighted by Gasteiger charge is 2.31. The lowest BCUT2D eigenvalue weighted by Crippen LogP contribution is -2.50. The zero-order valence-electron chi connectivity index (χ0n) is 19.7. The van der Waals surface area contributed by atoms with Gasteiger partial charge in [-0.1, -0.05) is 26.0 Å². The van der Waals surface area contributed by atoms with Gasteiger partial charge in [0.25, 0.3) is 0 Å². The van der Waals surface area contributed by atoms with E-state index in [0.717, 1.165) is 44.6 Å². The second-order valence-electron chi connectivity index (χ2n) is 8.80. The predicted molar refractivity (Wildman–Crippen MR) is 127 cm³/mol. The first-order valence-corrected chi connectivity index (χ1v) is 13.1. The van der Waals surface area contributed by atoms with E-state index < -0.39 is 10.0 Å². The number of rotatable bonds is 8. The second kappa shape index (κ2) is 10.9. The Labute approximate surface area is 193 Å². The lowest BCUT2D eigenvalue weighted by molar-refractivity contribution is -0.127. The molecule has 2 aliphatic heterocycles. The van der Waals surface area contributed by atoms with E-state index in [1.54, 1.807) is 36.4 Å². The normalized spacial score (nSPS) is 25.2. The highest BCUT2D eigenvalue weighted by atomic mass is 32.2. The first kappa shape index (κ1) is 24.9. The van der Waals surface area contributed by atoms with Crippen LogP contribution in [0.5, 0.6) is 0 Å². The van der Waals surface area contributed by atoms with Crippen LogP contribution in [-0.4, -0.2) is 85.9 Å². The van der Waals surface area contributed by atoms with Crippen molar-refractivity contribution in [2.24, 2.45) is 0 Å². The SMILES string of the molecule is CCN(CC)S(=O)(=O)c1ccc(/C=C/C(=O)N2CCCC2CN2CC(C)OC(C)C2)cc1. The molecule has 0 aliphatic carbocycles. The topological polar surface area (TPSA) is 70.2 Å². The van der Waals surface area contributed by atoms with Crippen LogP contribution in [0.3, 0.4) is 0 Å². The number of morpholine rings is 1. The molecule has 32 heavy (non-hydrogen) atoms. The molecule has 178 valence electrons. The number of benzene rings is 1. The molecule has 8 heteroatoms. The van der Waals surface area contributed by atoms with Crippen LogP contribution in [0.15, 0.2) is 35.2 Å². The van der Waals surface area contributed by atoms with Gasteiger partial charge >= 0.3 is 0 Å². The summed E-state index contributed by atoms with van der Waals surface area (Å²) in [6.07, 6.45) is 5.87. The Kier molecular flexibility index (Phi) is 8.49. The number of likely N-dealkylation sites (tertiary alicyclic amines) is 1. The maximum Gasteiger partial charge on any atom is 0.246 e. The van der Waals surface area contributed by atoms with E-state index in [9.17, 15) is 13.2 Å². The van der Waals surface area contributed by atoms with Gasteiger partial charge in [-0.05, 0) is 50.5 Å². The van der Waals surface area contributed by atoms with Crippen molar-refractivity contribution in [3.63, 3.8) is 0 Å². The Balaban J connectivity index is 1.61. The van der Waals surface area contributed by atoms with Gasteiger partial charge in [-0.25, -0.2) is 8.42 Å². The fourth-order valence-corrected chi connectivity index (χ4v) is 6.23. The number of nitrogens with zero attached hydrogens (tertiary/aromatic N) is 3. The van der Waals surface area contributed by atoms with Crippen LogP contribution in [0.2, 0.25) is 0 Å². The number of amides is 1. The Morgan fingerprint density at radius 1 is 1.12 bits per heavy atom. The quantitative estimate of drug-likeness (QED) is 0.555. The number of ether oxygens (including phenoxy) is 1. The van der Waals surface area contributed by atoms with Crippen LogP contribution in [0.1, 0.15) is 46.1 Å². The summed E-state index contributed by atoms with van der Waals surface area (Å²) >= 11 is 0. The molecule has 2 saturated heterocycles. The molecule has 0 N–H and O–H groups in total.